The van der Waals surface area contributed by atoms with Crippen molar-refractivity contribution in [2.45, 2.75) is 72.2 Å². The van der Waals surface area contributed by atoms with Crippen molar-refractivity contribution < 1.29 is 18.8 Å². The predicted molar refractivity (Wildman–Crippen MR) is 96.8 cm³/mol. The Labute approximate surface area is 145 Å². The van der Waals surface area contributed by atoms with Gasteiger partial charge in [-0.05, 0) is 72.5 Å². The van der Waals surface area contributed by atoms with Crippen LogP contribution in [0.4, 0.5) is 10.5 Å². The van der Waals surface area contributed by atoms with Gasteiger partial charge in [0.05, 0.1) is 11.2 Å². The van der Waals surface area contributed by atoms with Crippen LogP contribution in [-0.2, 0) is 14.0 Å². The first-order chi connectivity index (χ1) is 10.8. The molecule has 6 heteroatoms. The highest BCUT2D eigenvalue weighted by Gasteiger charge is 2.51. The van der Waals surface area contributed by atoms with Gasteiger partial charge in [0.15, 0.2) is 0 Å². The molecule has 1 aromatic rings. The third-order valence-corrected chi connectivity index (χ3v) is 4.42. The van der Waals surface area contributed by atoms with E-state index in [1.165, 1.54) is 0 Å². The maximum absolute atomic E-state index is 12.0. The Kier molecular flexibility index (Phi) is 4.77. The number of hydrogen-bond acceptors (Lipinski definition) is 4. The molecule has 0 aromatic heterocycles. The zero-order chi connectivity index (χ0) is 18.3. The number of carbonyl (C=O) groups is 1. The van der Waals surface area contributed by atoms with E-state index < -0.39 is 30.0 Å². The Balaban J connectivity index is 2.19. The number of carbonyl (C=O) groups excluding carboxylic acids is 1. The second-order valence-corrected chi connectivity index (χ2v) is 8.29. The van der Waals surface area contributed by atoms with E-state index in [4.69, 9.17) is 14.0 Å². The van der Waals surface area contributed by atoms with Crippen molar-refractivity contribution in [2.24, 2.45) is 0 Å². The Morgan fingerprint density at radius 2 is 1.67 bits per heavy atom. The standard InChI is InChI=1S/C18H28BNO4/c1-12-9-10-13(19-23-17(5,6)18(7,8)24-19)11-14(12)20-15(21)22-16(2,3)4/h9-11H,1-8H3,(H,20,21). The molecule has 132 valence electrons. The number of ether oxygens (including phenoxy) is 1. The first kappa shape index (κ1) is 18.8. The first-order valence-corrected chi connectivity index (χ1v) is 8.27. The normalized spacial score (nSPS) is 19.2. The van der Waals surface area contributed by atoms with Crippen LogP contribution in [0, 0.1) is 6.92 Å². The average molecular weight is 333 g/mol. The Morgan fingerprint density at radius 1 is 1.12 bits per heavy atom. The summed E-state index contributed by atoms with van der Waals surface area (Å²) in [7, 11) is -0.463. The van der Waals surface area contributed by atoms with Gasteiger partial charge in [-0.3, -0.25) is 5.32 Å². The maximum atomic E-state index is 12.0. The van der Waals surface area contributed by atoms with Crippen molar-refractivity contribution in [2.75, 3.05) is 5.32 Å². The summed E-state index contributed by atoms with van der Waals surface area (Å²) in [4.78, 5) is 12.0. The third-order valence-electron chi connectivity index (χ3n) is 4.42. The molecule has 1 saturated heterocycles. The lowest BCUT2D eigenvalue weighted by atomic mass is 9.78. The maximum Gasteiger partial charge on any atom is 0.494 e. The lowest BCUT2D eigenvalue weighted by Crippen LogP contribution is -2.41. The number of benzene rings is 1. The summed E-state index contributed by atoms with van der Waals surface area (Å²) < 4.78 is 17.4. The van der Waals surface area contributed by atoms with E-state index in [1.807, 2.05) is 73.6 Å². The summed E-state index contributed by atoms with van der Waals surface area (Å²) in [6.45, 7) is 15.5. The Morgan fingerprint density at radius 3 is 2.17 bits per heavy atom. The van der Waals surface area contributed by atoms with Gasteiger partial charge in [-0.1, -0.05) is 12.1 Å². The van der Waals surface area contributed by atoms with E-state index in [9.17, 15) is 4.79 Å². The second-order valence-electron chi connectivity index (χ2n) is 8.29. The monoisotopic (exact) mass is 333 g/mol. The number of anilines is 1. The third kappa shape index (κ3) is 4.11. The molecule has 24 heavy (non-hydrogen) atoms. The molecule has 5 nitrogen and oxygen atoms in total. The van der Waals surface area contributed by atoms with Gasteiger partial charge in [0, 0.05) is 5.69 Å². The van der Waals surface area contributed by atoms with E-state index in [0.29, 0.717) is 5.69 Å². The van der Waals surface area contributed by atoms with Crippen LogP contribution in [0.1, 0.15) is 54.0 Å². The SMILES string of the molecule is Cc1ccc(B2OC(C)(C)C(C)(C)O2)cc1NC(=O)OC(C)(C)C. The van der Waals surface area contributed by atoms with Crippen LogP contribution in [0.3, 0.4) is 0 Å². The van der Waals surface area contributed by atoms with Gasteiger partial charge in [0.25, 0.3) is 0 Å². The molecule has 0 atom stereocenters. The van der Waals surface area contributed by atoms with Crippen molar-refractivity contribution in [3.8, 4) is 0 Å². The van der Waals surface area contributed by atoms with Crippen LogP contribution < -0.4 is 10.8 Å². The fraction of sp³-hybridized carbons (Fsp3) is 0.611. The number of aryl methyl sites for hydroxylation is 1. The molecule has 1 aliphatic heterocycles. The molecular formula is C18H28BNO4. The molecule has 1 heterocycles. The van der Waals surface area contributed by atoms with E-state index in [1.54, 1.807) is 0 Å². The van der Waals surface area contributed by atoms with Gasteiger partial charge >= 0.3 is 13.2 Å². The van der Waals surface area contributed by atoms with Gasteiger partial charge in [0.1, 0.15) is 5.60 Å². The van der Waals surface area contributed by atoms with Crippen molar-refractivity contribution in [3.05, 3.63) is 23.8 Å². The van der Waals surface area contributed by atoms with Gasteiger partial charge < -0.3 is 14.0 Å². The molecule has 0 bridgehead atoms. The summed E-state index contributed by atoms with van der Waals surface area (Å²) in [5.41, 5.74) is 1.16. The van der Waals surface area contributed by atoms with Gasteiger partial charge in [0.2, 0.25) is 0 Å². The van der Waals surface area contributed by atoms with Crippen molar-refractivity contribution in [3.63, 3.8) is 0 Å². The number of amides is 1. The highest BCUT2D eigenvalue weighted by atomic mass is 16.7. The van der Waals surface area contributed by atoms with Gasteiger partial charge in [-0.2, -0.15) is 0 Å². The topological polar surface area (TPSA) is 56.8 Å². The highest BCUT2D eigenvalue weighted by Crippen LogP contribution is 2.36. The number of nitrogens with one attached hydrogen (secondary N) is 1. The average Bonchev–Trinajstić information content (AvgIpc) is 2.59. The van der Waals surface area contributed by atoms with Crippen LogP contribution in [0.25, 0.3) is 0 Å². The number of hydrogen-bond donors (Lipinski definition) is 1. The smallest absolute Gasteiger partial charge is 0.444 e. The molecule has 0 spiro atoms. The van der Waals surface area contributed by atoms with Crippen LogP contribution in [-0.4, -0.2) is 30.0 Å². The minimum absolute atomic E-state index is 0.401. The molecule has 0 aliphatic carbocycles. The van der Waals surface area contributed by atoms with E-state index in [0.717, 1.165) is 11.0 Å². The van der Waals surface area contributed by atoms with E-state index >= 15 is 0 Å². The summed E-state index contributed by atoms with van der Waals surface area (Å²) in [5.74, 6) is 0. The fourth-order valence-electron chi connectivity index (χ4n) is 2.31. The summed E-state index contributed by atoms with van der Waals surface area (Å²) in [6.07, 6.45) is -0.475. The molecule has 1 aromatic carbocycles. The quantitative estimate of drug-likeness (QED) is 0.840. The van der Waals surface area contributed by atoms with E-state index in [2.05, 4.69) is 5.32 Å². The van der Waals surface area contributed by atoms with Crippen LogP contribution >= 0.6 is 0 Å². The molecule has 1 N–H and O–H groups in total. The lowest BCUT2D eigenvalue weighted by molar-refractivity contribution is 0.00578. The number of rotatable bonds is 2. The van der Waals surface area contributed by atoms with E-state index in [-0.39, 0.29) is 0 Å². The Bertz CT molecular complexity index is 618. The minimum atomic E-state index is -0.540. The van der Waals surface area contributed by atoms with Gasteiger partial charge in [-0.15, -0.1) is 0 Å². The van der Waals surface area contributed by atoms with Crippen molar-refractivity contribution in [1.29, 1.82) is 0 Å². The molecule has 2 rings (SSSR count). The van der Waals surface area contributed by atoms with Gasteiger partial charge in [-0.25, -0.2) is 4.79 Å². The lowest BCUT2D eigenvalue weighted by Gasteiger charge is -2.32. The fourth-order valence-corrected chi connectivity index (χ4v) is 2.31. The summed E-state index contributed by atoms with van der Waals surface area (Å²) in [5, 5.41) is 2.80. The zero-order valence-corrected chi connectivity index (χ0v) is 15.9. The Hall–Kier alpha value is -1.53. The van der Waals surface area contributed by atoms with Crippen LogP contribution in [0.5, 0.6) is 0 Å². The summed E-state index contributed by atoms with van der Waals surface area (Å²) >= 11 is 0. The highest BCUT2D eigenvalue weighted by molar-refractivity contribution is 6.62. The zero-order valence-electron chi connectivity index (χ0n) is 15.9. The largest absolute Gasteiger partial charge is 0.494 e. The minimum Gasteiger partial charge on any atom is -0.444 e. The molecule has 0 saturated carbocycles. The van der Waals surface area contributed by atoms with Crippen molar-refractivity contribution >= 4 is 24.4 Å². The summed E-state index contributed by atoms with van der Waals surface area (Å²) in [6, 6.07) is 5.77. The van der Waals surface area contributed by atoms with Crippen LogP contribution in [0.15, 0.2) is 18.2 Å². The van der Waals surface area contributed by atoms with Crippen LogP contribution in [0.2, 0.25) is 0 Å². The molecule has 1 amide bonds. The van der Waals surface area contributed by atoms with Crippen molar-refractivity contribution in [1.82, 2.24) is 0 Å². The molecule has 0 radical (unpaired) electrons. The molecule has 1 aliphatic rings. The molecule has 0 unspecified atom stereocenters. The predicted octanol–water partition coefficient (Wildman–Crippen LogP) is 3.64. The second kappa shape index (κ2) is 6.08. The molecular weight excluding hydrogens is 305 g/mol. The first-order valence-electron chi connectivity index (χ1n) is 8.27. The molecule has 1 fully saturated rings.